The molecule has 0 unspecified atom stereocenters. The normalized spacial score (nSPS) is 16.1. The first-order valence-corrected chi connectivity index (χ1v) is 7.68. The second kappa shape index (κ2) is 6.32. The molecule has 3 rings (SSSR count). The van der Waals surface area contributed by atoms with Crippen LogP contribution >= 0.6 is 0 Å². The van der Waals surface area contributed by atoms with Gasteiger partial charge in [0, 0.05) is 38.1 Å². The van der Waals surface area contributed by atoms with E-state index in [1.807, 2.05) is 0 Å². The highest BCUT2D eigenvalue weighted by molar-refractivity contribution is 5.81. The molecular formula is C17H21N3O2. The molecule has 2 heterocycles. The zero-order valence-electron chi connectivity index (χ0n) is 12.8. The van der Waals surface area contributed by atoms with Gasteiger partial charge in [0.05, 0.1) is 11.9 Å². The van der Waals surface area contributed by atoms with Crippen LogP contribution in [0.25, 0.3) is 10.9 Å². The van der Waals surface area contributed by atoms with Crippen molar-refractivity contribution in [3.63, 3.8) is 0 Å². The van der Waals surface area contributed by atoms with Gasteiger partial charge in [-0.1, -0.05) is 11.6 Å². The van der Waals surface area contributed by atoms with Crippen LogP contribution in [0.4, 0.5) is 5.82 Å². The van der Waals surface area contributed by atoms with Crippen molar-refractivity contribution in [2.75, 3.05) is 37.6 Å². The number of aliphatic carboxylic acids is 1. The Morgan fingerprint density at radius 2 is 1.95 bits per heavy atom. The van der Waals surface area contributed by atoms with Crippen LogP contribution in [0.1, 0.15) is 12.0 Å². The maximum atomic E-state index is 10.6. The first-order valence-electron chi connectivity index (χ1n) is 7.68. The number of piperazine rings is 1. The van der Waals surface area contributed by atoms with E-state index in [1.54, 1.807) is 0 Å². The number of nitrogens with zero attached hydrogens (tertiary/aromatic N) is 3. The summed E-state index contributed by atoms with van der Waals surface area (Å²) in [5, 5.41) is 9.92. The van der Waals surface area contributed by atoms with E-state index in [2.05, 4.69) is 47.1 Å². The number of anilines is 1. The van der Waals surface area contributed by atoms with Gasteiger partial charge < -0.3 is 10.0 Å². The van der Waals surface area contributed by atoms with E-state index in [9.17, 15) is 4.79 Å². The lowest BCUT2D eigenvalue weighted by atomic mass is 10.1. The Morgan fingerprint density at radius 3 is 2.68 bits per heavy atom. The summed E-state index contributed by atoms with van der Waals surface area (Å²) in [6.45, 7) is 6.28. The van der Waals surface area contributed by atoms with E-state index in [0.29, 0.717) is 6.54 Å². The molecule has 1 aliphatic heterocycles. The molecule has 116 valence electrons. The SMILES string of the molecule is Cc1ccc2nc(N3CCN(CCC(=O)O)CC3)ccc2c1. The van der Waals surface area contributed by atoms with Crippen LogP contribution < -0.4 is 4.90 Å². The van der Waals surface area contributed by atoms with E-state index in [-0.39, 0.29) is 6.42 Å². The summed E-state index contributed by atoms with van der Waals surface area (Å²) in [4.78, 5) is 19.9. The van der Waals surface area contributed by atoms with E-state index >= 15 is 0 Å². The second-order valence-corrected chi connectivity index (χ2v) is 5.84. The predicted octanol–water partition coefficient (Wildman–Crippen LogP) is 2.14. The Bertz CT molecular complexity index is 679. The number of pyridine rings is 1. The molecule has 1 aliphatic rings. The first-order chi connectivity index (χ1) is 10.6. The van der Waals surface area contributed by atoms with Gasteiger partial charge in [0.25, 0.3) is 0 Å². The van der Waals surface area contributed by atoms with Gasteiger partial charge in [-0.15, -0.1) is 0 Å². The monoisotopic (exact) mass is 299 g/mol. The molecule has 0 atom stereocenters. The Labute approximate surface area is 130 Å². The number of benzene rings is 1. The molecule has 0 saturated carbocycles. The minimum absolute atomic E-state index is 0.216. The van der Waals surface area contributed by atoms with Gasteiger partial charge in [0.1, 0.15) is 5.82 Å². The first kappa shape index (κ1) is 14.8. The average Bonchev–Trinajstić information content (AvgIpc) is 2.53. The Hall–Kier alpha value is -2.14. The van der Waals surface area contributed by atoms with Gasteiger partial charge >= 0.3 is 5.97 Å². The third-order valence-corrected chi connectivity index (χ3v) is 4.17. The van der Waals surface area contributed by atoms with Crippen molar-refractivity contribution in [3.05, 3.63) is 35.9 Å². The maximum absolute atomic E-state index is 10.6. The number of fused-ring (bicyclic) bond motifs is 1. The number of hydrogen-bond acceptors (Lipinski definition) is 4. The summed E-state index contributed by atoms with van der Waals surface area (Å²) < 4.78 is 0. The molecule has 2 aromatic rings. The molecule has 0 radical (unpaired) electrons. The minimum Gasteiger partial charge on any atom is -0.481 e. The molecule has 1 aromatic heterocycles. The smallest absolute Gasteiger partial charge is 0.304 e. The highest BCUT2D eigenvalue weighted by atomic mass is 16.4. The highest BCUT2D eigenvalue weighted by Crippen LogP contribution is 2.20. The summed E-state index contributed by atoms with van der Waals surface area (Å²) in [6.07, 6.45) is 0.216. The van der Waals surface area contributed by atoms with Crippen LogP contribution in [-0.4, -0.2) is 53.7 Å². The summed E-state index contributed by atoms with van der Waals surface area (Å²) in [6, 6.07) is 10.5. The number of rotatable bonds is 4. The number of carboxylic acids is 1. The predicted molar refractivity (Wildman–Crippen MR) is 87.4 cm³/mol. The highest BCUT2D eigenvalue weighted by Gasteiger charge is 2.18. The molecular weight excluding hydrogens is 278 g/mol. The molecule has 0 aliphatic carbocycles. The van der Waals surface area contributed by atoms with Crippen LogP contribution in [0.5, 0.6) is 0 Å². The summed E-state index contributed by atoms with van der Waals surface area (Å²) in [7, 11) is 0. The van der Waals surface area contributed by atoms with Gasteiger partial charge in [0.2, 0.25) is 0 Å². The number of carbonyl (C=O) groups is 1. The van der Waals surface area contributed by atoms with Gasteiger partial charge in [-0.25, -0.2) is 4.98 Å². The molecule has 5 heteroatoms. The molecule has 1 saturated heterocycles. The van der Waals surface area contributed by atoms with Crippen molar-refractivity contribution in [2.45, 2.75) is 13.3 Å². The molecule has 1 fully saturated rings. The minimum atomic E-state index is -0.728. The molecule has 0 spiro atoms. The van der Waals surface area contributed by atoms with Crippen LogP contribution in [0, 0.1) is 6.92 Å². The Balaban J connectivity index is 1.66. The molecule has 0 bridgehead atoms. The average molecular weight is 299 g/mol. The van der Waals surface area contributed by atoms with E-state index in [1.165, 1.54) is 10.9 Å². The fourth-order valence-electron chi connectivity index (χ4n) is 2.86. The topological polar surface area (TPSA) is 56.7 Å². The Kier molecular flexibility index (Phi) is 4.24. The maximum Gasteiger partial charge on any atom is 0.304 e. The van der Waals surface area contributed by atoms with E-state index in [0.717, 1.165) is 37.5 Å². The van der Waals surface area contributed by atoms with Crippen molar-refractivity contribution < 1.29 is 9.90 Å². The van der Waals surface area contributed by atoms with Crippen molar-refractivity contribution >= 4 is 22.7 Å². The molecule has 5 nitrogen and oxygen atoms in total. The molecule has 0 amide bonds. The quantitative estimate of drug-likeness (QED) is 0.937. The van der Waals surface area contributed by atoms with Gasteiger partial charge in [0.15, 0.2) is 0 Å². The van der Waals surface area contributed by atoms with Gasteiger partial charge in [-0.05, 0) is 31.2 Å². The second-order valence-electron chi connectivity index (χ2n) is 5.84. The lowest BCUT2D eigenvalue weighted by Crippen LogP contribution is -2.47. The Morgan fingerprint density at radius 1 is 1.18 bits per heavy atom. The zero-order chi connectivity index (χ0) is 15.5. The fourth-order valence-corrected chi connectivity index (χ4v) is 2.86. The fraction of sp³-hybridized carbons (Fsp3) is 0.412. The largest absolute Gasteiger partial charge is 0.481 e. The number of aryl methyl sites for hydroxylation is 1. The van der Waals surface area contributed by atoms with Gasteiger partial charge in [-0.3, -0.25) is 9.69 Å². The molecule has 1 aromatic carbocycles. The third kappa shape index (κ3) is 3.36. The summed E-state index contributed by atoms with van der Waals surface area (Å²) >= 11 is 0. The van der Waals surface area contributed by atoms with Crippen LogP contribution in [0.3, 0.4) is 0 Å². The van der Waals surface area contributed by atoms with Crippen LogP contribution in [0.15, 0.2) is 30.3 Å². The van der Waals surface area contributed by atoms with Crippen molar-refractivity contribution in [1.82, 2.24) is 9.88 Å². The lowest BCUT2D eigenvalue weighted by Gasteiger charge is -2.35. The summed E-state index contributed by atoms with van der Waals surface area (Å²) in [5.74, 6) is 0.281. The standard InChI is InChI=1S/C17H21N3O2/c1-13-2-4-15-14(12-13)3-5-16(18-15)20-10-8-19(9-11-20)7-6-17(21)22/h2-5,12H,6-11H2,1H3,(H,21,22). The number of carboxylic acid groups (broad SMARTS) is 1. The molecule has 1 N–H and O–H groups in total. The van der Waals surface area contributed by atoms with Gasteiger partial charge in [-0.2, -0.15) is 0 Å². The lowest BCUT2D eigenvalue weighted by molar-refractivity contribution is -0.137. The number of aromatic nitrogens is 1. The van der Waals surface area contributed by atoms with E-state index < -0.39 is 5.97 Å². The zero-order valence-corrected chi connectivity index (χ0v) is 12.8. The van der Waals surface area contributed by atoms with Crippen molar-refractivity contribution in [3.8, 4) is 0 Å². The van der Waals surface area contributed by atoms with Crippen LogP contribution in [0.2, 0.25) is 0 Å². The number of hydrogen-bond donors (Lipinski definition) is 1. The summed E-state index contributed by atoms with van der Waals surface area (Å²) in [5.41, 5.74) is 2.27. The molecule has 22 heavy (non-hydrogen) atoms. The van der Waals surface area contributed by atoms with E-state index in [4.69, 9.17) is 10.1 Å². The third-order valence-electron chi connectivity index (χ3n) is 4.17. The van der Waals surface area contributed by atoms with Crippen LogP contribution in [-0.2, 0) is 4.79 Å². The van der Waals surface area contributed by atoms with Crippen molar-refractivity contribution in [2.24, 2.45) is 0 Å². The van der Waals surface area contributed by atoms with Crippen molar-refractivity contribution in [1.29, 1.82) is 0 Å².